The summed E-state index contributed by atoms with van der Waals surface area (Å²) in [7, 11) is 2.09. The van der Waals surface area contributed by atoms with E-state index >= 15 is 0 Å². The summed E-state index contributed by atoms with van der Waals surface area (Å²) >= 11 is 0. The van der Waals surface area contributed by atoms with E-state index in [-0.39, 0.29) is 5.41 Å². The number of fused-ring (bicyclic) bond motifs is 1. The third kappa shape index (κ3) is 3.08. The highest BCUT2D eigenvalue weighted by Crippen LogP contribution is 2.46. The highest BCUT2D eigenvalue weighted by atomic mass is 15.3. The maximum absolute atomic E-state index is 8.77. The number of likely N-dealkylation sites (N-methyl/N-ethyl adjacent to an activating group) is 1. The molecule has 0 saturated carbocycles. The van der Waals surface area contributed by atoms with Gasteiger partial charge in [-0.05, 0) is 24.6 Å². The van der Waals surface area contributed by atoms with Crippen LogP contribution in [-0.4, -0.2) is 23.0 Å². The number of nitriles is 1. The van der Waals surface area contributed by atoms with Crippen molar-refractivity contribution in [3.8, 4) is 6.07 Å². The van der Waals surface area contributed by atoms with Gasteiger partial charge in [-0.3, -0.25) is 0 Å². The van der Waals surface area contributed by atoms with Crippen LogP contribution in [0.1, 0.15) is 31.5 Å². The molecule has 1 aromatic heterocycles. The van der Waals surface area contributed by atoms with Crippen LogP contribution in [0.2, 0.25) is 0 Å². The van der Waals surface area contributed by atoms with Crippen molar-refractivity contribution in [3.05, 3.63) is 53.4 Å². The summed E-state index contributed by atoms with van der Waals surface area (Å²) in [6.45, 7) is 6.96. The molecule has 128 valence electrons. The van der Waals surface area contributed by atoms with Gasteiger partial charge in [0, 0.05) is 36.1 Å². The molecule has 0 atom stereocenters. The molecule has 5 nitrogen and oxygen atoms in total. The highest BCUT2D eigenvalue weighted by Gasteiger charge is 2.37. The van der Waals surface area contributed by atoms with Crippen molar-refractivity contribution < 1.29 is 0 Å². The van der Waals surface area contributed by atoms with Gasteiger partial charge in [-0.1, -0.05) is 32.0 Å². The summed E-state index contributed by atoms with van der Waals surface area (Å²) in [5, 5.41) is 13.2. The number of aliphatic imine (C=N–C) groups is 1. The summed E-state index contributed by atoms with van der Waals surface area (Å²) in [6.07, 6.45) is 4.32. The normalized spacial score (nSPS) is 17.2. The Balaban J connectivity index is 1.88. The van der Waals surface area contributed by atoms with Gasteiger partial charge in [0.05, 0.1) is 24.7 Å². The zero-order valence-electron chi connectivity index (χ0n) is 15.2. The van der Waals surface area contributed by atoms with Crippen LogP contribution in [-0.2, 0) is 12.0 Å². The lowest BCUT2D eigenvalue weighted by molar-refractivity contribution is 0.626. The van der Waals surface area contributed by atoms with Crippen LogP contribution >= 0.6 is 0 Å². The molecule has 0 fully saturated rings. The second-order valence-corrected chi connectivity index (χ2v) is 6.81. The monoisotopic (exact) mass is 333 g/mol. The van der Waals surface area contributed by atoms with E-state index < -0.39 is 0 Å². The van der Waals surface area contributed by atoms with Gasteiger partial charge in [-0.2, -0.15) is 10.4 Å². The smallest absolute Gasteiger partial charge is 0.150 e. The van der Waals surface area contributed by atoms with Crippen molar-refractivity contribution in [2.45, 2.75) is 39.2 Å². The topological polar surface area (TPSA) is 57.2 Å². The number of para-hydroxylation sites is 1. The standard InChI is InChI=1S/C20H23N5/c1-15-14-19(25(23-15)13-7-11-21)22-12-10-18-20(2,3)16-8-5-6-9-17(16)24(18)4/h5-6,8-10,12,14H,7,13H2,1-4H3/b18-10-,22-12+. The molecular formula is C20H23N5. The first kappa shape index (κ1) is 17.0. The summed E-state index contributed by atoms with van der Waals surface area (Å²) in [4.78, 5) is 6.79. The molecule has 0 bridgehead atoms. The Morgan fingerprint density at radius 3 is 2.80 bits per heavy atom. The zero-order valence-corrected chi connectivity index (χ0v) is 15.2. The average molecular weight is 333 g/mol. The van der Waals surface area contributed by atoms with Gasteiger partial charge in [0.15, 0.2) is 5.82 Å². The molecule has 0 aliphatic carbocycles. The van der Waals surface area contributed by atoms with Crippen LogP contribution in [0.25, 0.3) is 0 Å². The SMILES string of the molecule is Cc1cc(/N=C/C=C2\N(C)c3ccccc3C2(C)C)n(CCC#N)n1. The maximum atomic E-state index is 8.77. The third-order valence-electron chi connectivity index (χ3n) is 4.70. The molecule has 1 aromatic carbocycles. The Hall–Kier alpha value is -2.87. The minimum Gasteiger partial charge on any atom is -0.347 e. The minimum absolute atomic E-state index is 0.0612. The summed E-state index contributed by atoms with van der Waals surface area (Å²) in [5.74, 6) is 0.778. The molecule has 1 aliphatic rings. The first-order valence-corrected chi connectivity index (χ1v) is 8.44. The predicted octanol–water partition coefficient (Wildman–Crippen LogP) is 4.12. The number of hydrogen-bond acceptors (Lipinski definition) is 4. The van der Waals surface area contributed by atoms with E-state index in [0.717, 1.165) is 11.5 Å². The van der Waals surface area contributed by atoms with Crippen LogP contribution in [0.3, 0.4) is 0 Å². The molecule has 25 heavy (non-hydrogen) atoms. The van der Waals surface area contributed by atoms with Crippen LogP contribution < -0.4 is 4.90 Å². The lowest BCUT2D eigenvalue weighted by atomic mass is 9.84. The Morgan fingerprint density at radius 2 is 2.08 bits per heavy atom. The number of allylic oxidation sites excluding steroid dienone is 2. The molecule has 1 aliphatic heterocycles. The van der Waals surface area contributed by atoms with E-state index in [1.165, 1.54) is 16.9 Å². The van der Waals surface area contributed by atoms with Gasteiger partial charge in [0.25, 0.3) is 0 Å². The summed E-state index contributed by atoms with van der Waals surface area (Å²) in [5.41, 5.74) is 4.61. The maximum Gasteiger partial charge on any atom is 0.150 e. The van der Waals surface area contributed by atoms with Crippen LogP contribution in [0, 0.1) is 18.3 Å². The highest BCUT2D eigenvalue weighted by molar-refractivity contribution is 5.80. The van der Waals surface area contributed by atoms with Gasteiger partial charge < -0.3 is 4.90 Å². The zero-order chi connectivity index (χ0) is 18.0. The molecule has 3 rings (SSSR count). The van der Waals surface area contributed by atoms with Gasteiger partial charge in [-0.15, -0.1) is 0 Å². The van der Waals surface area contributed by atoms with E-state index in [9.17, 15) is 0 Å². The van der Waals surface area contributed by atoms with E-state index in [1.807, 2.05) is 19.2 Å². The fraction of sp³-hybridized carbons (Fsp3) is 0.350. The quantitative estimate of drug-likeness (QED) is 0.791. The van der Waals surface area contributed by atoms with E-state index in [2.05, 4.69) is 72.3 Å². The number of nitrogens with zero attached hydrogens (tertiary/aromatic N) is 5. The first-order chi connectivity index (χ1) is 11.9. The van der Waals surface area contributed by atoms with E-state index in [0.29, 0.717) is 13.0 Å². The van der Waals surface area contributed by atoms with E-state index in [4.69, 9.17) is 5.26 Å². The Morgan fingerprint density at radius 1 is 1.32 bits per heavy atom. The van der Waals surface area contributed by atoms with Crippen LogP contribution in [0.5, 0.6) is 0 Å². The molecule has 0 amide bonds. The average Bonchev–Trinajstić information content (AvgIpc) is 3.03. The number of aryl methyl sites for hydroxylation is 2. The minimum atomic E-state index is -0.0612. The predicted molar refractivity (Wildman–Crippen MR) is 101 cm³/mol. The Kier molecular flexibility index (Phi) is 4.45. The lowest BCUT2D eigenvalue weighted by Gasteiger charge is -2.23. The second-order valence-electron chi connectivity index (χ2n) is 6.81. The molecule has 2 heterocycles. The lowest BCUT2D eigenvalue weighted by Crippen LogP contribution is -2.23. The number of anilines is 1. The van der Waals surface area contributed by atoms with Crippen molar-refractivity contribution >= 4 is 17.7 Å². The van der Waals surface area contributed by atoms with Gasteiger partial charge >= 0.3 is 0 Å². The molecule has 2 aromatic rings. The van der Waals surface area contributed by atoms with Crippen molar-refractivity contribution in [3.63, 3.8) is 0 Å². The largest absolute Gasteiger partial charge is 0.347 e. The summed E-state index contributed by atoms with van der Waals surface area (Å²) < 4.78 is 1.78. The molecule has 0 spiro atoms. The molecule has 0 radical (unpaired) electrons. The number of aromatic nitrogens is 2. The number of benzene rings is 1. The van der Waals surface area contributed by atoms with Crippen LogP contribution in [0.4, 0.5) is 11.5 Å². The van der Waals surface area contributed by atoms with Gasteiger partial charge in [0.1, 0.15) is 0 Å². The molecule has 5 heteroatoms. The van der Waals surface area contributed by atoms with Crippen molar-refractivity contribution in [1.29, 1.82) is 5.26 Å². The second kappa shape index (κ2) is 6.56. The van der Waals surface area contributed by atoms with E-state index in [1.54, 1.807) is 4.68 Å². The van der Waals surface area contributed by atoms with Gasteiger partial charge in [0.2, 0.25) is 0 Å². The van der Waals surface area contributed by atoms with Crippen molar-refractivity contribution in [2.24, 2.45) is 4.99 Å². The molecule has 0 N–H and O–H groups in total. The fourth-order valence-corrected chi connectivity index (χ4v) is 3.44. The fourth-order valence-electron chi connectivity index (χ4n) is 3.44. The van der Waals surface area contributed by atoms with Crippen molar-refractivity contribution in [2.75, 3.05) is 11.9 Å². The first-order valence-electron chi connectivity index (χ1n) is 8.44. The third-order valence-corrected chi connectivity index (χ3v) is 4.70. The van der Waals surface area contributed by atoms with Gasteiger partial charge in [-0.25, -0.2) is 9.67 Å². The molecular weight excluding hydrogens is 310 g/mol. The Labute approximate surface area is 148 Å². The van der Waals surface area contributed by atoms with Crippen molar-refractivity contribution in [1.82, 2.24) is 9.78 Å². The van der Waals surface area contributed by atoms with Crippen LogP contribution in [0.15, 0.2) is 47.1 Å². The molecule has 0 saturated heterocycles. The molecule has 0 unspecified atom stereocenters. The summed E-state index contributed by atoms with van der Waals surface area (Å²) in [6, 6.07) is 12.6. The number of hydrogen-bond donors (Lipinski definition) is 0. The number of rotatable bonds is 4. The Bertz CT molecular complexity index is 880.